The molecule has 0 amide bonds. The maximum Gasteiger partial charge on any atom is 0.387 e. The standard InChI is InChI=1S/C15H14F2N2O2/c1-10-12(9-18-19(10)2)5-8-14(20)11-3-6-13(7-4-11)21-15(16)17/h3-9,15H,1-2H3. The van der Waals surface area contributed by atoms with Crippen molar-refractivity contribution >= 4 is 11.9 Å². The second kappa shape index (κ2) is 6.30. The summed E-state index contributed by atoms with van der Waals surface area (Å²) in [6.45, 7) is -0.979. The lowest BCUT2D eigenvalue weighted by Crippen LogP contribution is -2.02. The molecule has 2 rings (SSSR count). The molecule has 1 aromatic carbocycles. The van der Waals surface area contributed by atoms with Gasteiger partial charge in [-0.3, -0.25) is 9.48 Å². The predicted molar refractivity (Wildman–Crippen MR) is 74.4 cm³/mol. The van der Waals surface area contributed by atoms with Crippen molar-refractivity contribution in [1.82, 2.24) is 9.78 Å². The van der Waals surface area contributed by atoms with Gasteiger partial charge in [0.2, 0.25) is 0 Å². The van der Waals surface area contributed by atoms with Crippen molar-refractivity contribution in [2.24, 2.45) is 7.05 Å². The summed E-state index contributed by atoms with van der Waals surface area (Å²) in [7, 11) is 1.82. The number of ether oxygens (including phenoxy) is 1. The van der Waals surface area contributed by atoms with E-state index in [1.165, 1.54) is 30.3 Å². The summed E-state index contributed by atoms with van der Waals surface area (Å²) in [6.07, 6.45) is 4.76. The van der Waals surface area contributed by atoms with Crippen molar-refractivity contribution in [2.45, 2.75) is 13.5 Å². The van der Waals surface area contributed by atoms with E-state index in [1.54, 1.807) is 17.0 Å². The maximum atomic E-state index is 12.0. The number of halogens is 2. The Morgan fingerprint density at radius 2 is 2.00 bits per heavy atom. The van der Waals surface area contributed by atoms with Gasteiger partial charge in [0, 0.05) is 23.9 Å². The Morgan fingerprint density at radius 3 is 2.52 bits per heavy atom. The molecule has 1 heterocycles. The average molecular weight is 292 g/mol. The molecule has 0 aliphatic rings. The largest absolute Gasteiger partial charge is 0.435 e. The number of alkyl halides is 2. The Morgan fingerprint density at radius 1 is 1.33 bits per heavy atom. The average Bonchev–Trinajstić information content (AvgIpc) is 2.76. The SMILES string of the molecule is Cc1c(C=CC(=O)c2ccc(OC(F)F)cc2)cnn1C. The highest BCUT2D eigenvalue weighted by Crippen LogP contribution is 2.16. The molecule has 0 bridgehead atoms. The van der Waals surface area contributed by atoms with Crippen LogP contribution in [0, 0.1) is 6.92 Å². The van der Waals surface area contributed by atoms with E-state index in [0.717, 1.165) is 11.3 Å². The van der Waals surface area contributed by atoms with Gasteiger partial charge in [-0.05, 0) is 43.3 Å². The highest BCUT2D eigenvalue weighted by Gasteiger charge is 2.06. The third-order valence-electron chi connectivity index (χ3n) is 3.05. The quantitative estimate of drug-likeness (QED) is 0.628. The number of nitrogens with zero attached hydrogens (tertiary/aromatic N) is 2. The molecule has 0 saturated carbocycles. The van der Waals surface area contributed by atoms with E-state index in [9.17, 15) is 13.6 Å². The Bertz CT molecular complexity index is 661. The number of allylic oxidation sites excluding steroid dienone is 1. The molecule has 0 spiro atoms. The van der Waals surface area contributed by atoms with Crippen LogP contribution in [0.2, 0.25) is 0 Å². The highest BCUT2D eigenvalue weighted by atomic mass is 19.3. The number of ketones is 1. The molecule has 0 unspecified atom stereocenters. The second-order valence-corrected chi connectivity index (χ2v) is 4.41. The van der Waals surface area contributed by atoms with E-state index in [2.05, 4.69) is 9.84 Å². The molecule has 4 nitrogen and oxygen atoms in total. The zero-order chi connectivity index (χ0) is 15.4. The van der Waals surface area contributed by atoms with E-state index >= 15 is 0 Å². The van der Waals surface area contributed by atoms with Crippen LogP contribution in [0.5, 0.6) is 5.75 Å². The first-order chi connectivity index (χ1) is 9.97. The van der Waals surface area contributed by atoms with Crippen LogP contribution in [0.4, 0.5) is 8.78 Å². The minimum atomic E-state index is -2.87. The van der Waals surface area contributed by atoms with Gasteiger partial charge in [-0.15, -0.1) is 0 Å². The van der Waals surface area contributed by atoms with Crippen molar-refractivity contribution in [3.8, 4) is 5.75 Å². The number of carbonyl (C=O) groups is 1. The lowest BCUT2D eigenvalue weighted by Gasteiger charge is -2.04. The van der Waals surface area contributed by atoms with E-state index in [1.807, 2.05) is 14.0 Å². The topological polar surface area (TPSA) is 44.1 Å². The van der Waals surface area contributed by atoms with Gasteiger partial charge < -0.3 is 4.74 Å². The molecular weight excluding hydrogens is 278 g/mol. The maximum absolute atomic E-state index is 12.0. The molecule has 0 aliphatic carbocycles. The van der Waals surface area contributed by atoms with Gasteiger partial charge >= 0.3 is 6.61 Å². The zero-order valence-corrected chi connectivity index (χ0v) is 11.6. The van der Waals surface area contributed by atoms with Crippen LogP contribution in [-0.4, -0.2) is 22.2 Å². The van der Waals surface area contributed by atoms with Crippen LogP contribution >= 0.6 is 0 Å². The Labute approximate surface area is 120 Å². The van der Waals surface area contributed by atoms with Crippen molar-refractivity contribution in [1.29, 1.82) is 0 Å². The summed E-state index contributed by atoms with van der Waals surface area (Å²) < 4.78 is 30.0. The molecule has 0 N–H and O–H groups in total. The molecule has 21 heavy (non-hydrogen) atoms. The summed E-state index contributed by atoms with van der Waals surface area (Å²) >= 11 is 0. The molecule has 1 aromatic heterocycles. The third kappa shape index (κ3) is 3.75. The van der Waals surface area contributed by atoms with Gasteiger partial charge in [0.15, 0.2) is 5.78 Å². The smallest absolute Gasteiger partial charge is 0.387 e. The fourth-order valence-electron chi connectivity index (χ4n) is 1.74. The van der Waals surface area contributed by atoms with E-state index in [0.29, 0.717) is 5.56 Å². The van der Waals surface area contributed by atoms with Gasteiger partial charge in [0.1, 0.15) is 5.75 Å². The first kappa shape index (κ1) is 14.9. The highest BCUT2D eigenvalue weighted by molar-refractivity contribution is 6.06. The lowest BCUT2D eigenvalue weighted by molar-refractivity contribution is -0.0498. The van der Waals surface area contributed by atoms with Crippen LogP contribution in [0.25, 0.3) is 6.08 Å². The number of benzene rings is 1. The van der Waals surface area contributed by atoms with Crippen LogP contribution in [0.15, 0.2) is 36.5 Å². The monoisotopic (exact) mass is 292 g/mol. The number of hydrogen-bond acceptors (Lipinski definition) is 3. The van der Waals surface area contributed by atoms with Gasteiger partial charge in [-0.2, -0.15) is 13.9 Å². The number of aryl methyl sites for hydroxylation is 1. The molecule has 2 aromatic rings. The van der Waals surface area contributed by atoms with Crippen LogP contribution in [-0.2, 0) is 7.05 Å². The third-order valence-corrected chi connectivity index (χ3v) is 3.05. The molecule has 0 aliphatic heterocycles. The Hall–Kier alpha value is -2.50. The van der Waals surface area contributed by atoms with Gasteiger partial charge in [-0.1, -0.05) is 0 Å². The normalized spacial score (nSPS) is 11.3. The van der Waals surface area contributed by atoms with Crippen molar-refractivity contribution in [3.05, 3.63) is 53.4 Å². The van der Waals surface area contributed by atoms with Crippen molar-refractivity contribution in [3.63, 3.8) is 0 Å². The summed E-state index contributed by atoms with van der Waals surface area (Å²) in [4.78, 5) is 12.0. The summed E-state index contributed by atoms with van der Waals surface area (Å²) in [5.74, 6) is -0.199. The zero-order valence-electron chi connectivity index (χ0n) is 11.6. The fraction of sp³-hybridized carbons (Fsp3) is 0.200. The number of aromatic nitrogens is 2. The predicted octanol–water partition coefficient (Wildman–Crippen LogP) is 3.23. The second-order valence-electron chi connectivity index (χ2n) is 4.41. The van der Waals surface area contributed by atoms with Crippen LogP contribution in [0.1, 0.15) is 21.6 Å². The molecule has 6 heteroatoms. The minimum absolute atomic E-state index is 0.0219. The number of carbonyl (C=O) groups excluding carboxylic acids is 1. The molecule has 110 valence electrons. The lowest BCUT2D eigenvalue weighted by atomic mass is 10.1. The summed E-state index contributed by atoms with van der Waals surface area (Å²) in [6, 6.07) is 5.56. The van der Waals surface area contributed by atoms with Crippen molar-refractivity contribution in [2.75, 3.05) is 0 Å². The molecule has 0 fully saturated rings. The van der Waals surface area contributed by atoms with Crippen LogP contribution < -0.4 is 4.74 Å². The van der Waals surface area contributed by atoms with E-state index in [-0.39, 0.29) is 11.5 Å². The Balaban J connectivity index is 2.08. The summed E-state index contributed by atoms with van der Waals surface area (Å²) in [5.41, 5.74) is 2.19. The molecule has 0 atom stereocenters. The van der Waals surface area contributed by atoms with Gasteiger partial charge in [0.05, 0.1) is 6.20 Å². The number of rotatable bonds is 5. The minimum Gasteiger partial charge on any atom is -0.435 e. The first-order valence-corrected chi connectivity index (χ1v) is 6.23. The Kier molecular flexibility index (Phi) is 4.47. The van der Waals surface area contributed by atoms with Crippen molar-refractivity contribution < 1.29 is 18.3 Å². The summed E-state index contributed by atoms with van der Waals surface area (Å²) in [5, 5.41) is 4.07. The molecular formula is C15H14F2N2O2. The van der Waals surface area contributed by atoms with Gasteiger partial charge in [-0.25, -0.2) is 0 Å². The first-order valence-electron chi connectivity index (χ1n) is 6.23. The van der Waals surface area contributed by atoms with E-state index in [4.69, 9.17) is 0 Å². The van der Waals surface area contributed by atoms with Crippen LogP contribution in [0.3, 0.4) is 0 Å². The number of hydrogen-bond donors (Lipinski definition) is 0. The molecule has 0 saturated heterocycles. The van der Waals surface area contributed by atoms with E-state index < -0.39 is 6.61 Å². The molecule has 0 radical (unpaired) electrons. The van der Waals surface area contributed by atoms with Gasteiger partial charge in [0.25, 0.3) is 0 Å². The fourth-order valence-corrected chi connectivity index (χ4v) is 1.74.